The average Bonchev–Trinajstić information content (AvgIpc) is 2.63. The van der Waals surface area contributed by atoms with Crippen LogP contribution in [-0.2, 0) is 5.41 Å². The van der Waals surface area contributed by atoms with E-state index < -0.39 is 0 Å². The number of nitrogens with zero attached hydrogens (tertiary/aromatic N) is 1. The van der Waals surface area contributed by atoms with Gasteiger partial charge < -0.3 is 9.52 Å². The van der Waals surface area contributed by atoms with Crippen LogP contribution < -0.4 is 0 Å². The molecule has 1 aromatic carbocycles. The van der Waals surface area contributed by atoms with Gasteiger partial charge >= 0.3 is 0 Å². The van der Waals surface area contributed by atoms with E-state index in [0.29, 0.717) is 0 Å². The van der Waals surface area contributed by atoms with Crippen molar-refractivity contribution >= 4 is 11.1 Å². The largest absolute Gasteiger partial charge is 0.443 e. The molecule has 0 aliphatic heterocycles. The minimum atomic E-state index is -0.0893. The van der Waals surface area contributed by atoms with Crippen LogP contribution in [0.4, 0.5) is 0 Å². The average molecular weight is 217 g/mol. The molecule has 0 radical (unpaired) electrons. The van der Waals surface area contributed by atoms with E-state index in [2.05, 4.69) is 24.9 Å². The summed E-state index contributed by atoms with van der Waals surface area (Å²) in [6.07, 6.45) is 2.48. The van der Waals surface area contributed by atoms with Crippen molar-refractivity contribution in [3.05, 3.63) is 30.2 Å². The normalized spacial score (nSPS) is 27.2. The van der Waals surface area contributed by atoms with E-state index in [9.17, 15) is 5.11 Å². The molecule has 0 amide bonds. The number of fused-ring (bicyclic) bond motifs is 1. The topological polar surface area (TPSA) is 46.3 Å². The number of rotatable bonds is 2. The third kappa shape index (κ3) is 1.09. The summed E-state index contributed by atoms with van der Waals surface area (Å²) in [6.45, 7) is 4.57. The lowest BCUT2D eigenvalue weighted by atomic mass is 9.88. The van der Waals surface area contributed by atoms with E-state index in [1.54, 1.807) is 0 Å². The number of aromatic nitrogens is 1. The maximum absolute atomic E-state index is 9.62. The minimum Gasteiger partial charge on any atom is -0.443 e. The first-order chi connectivity index (χ1) is 7.59. The fourth-order valence-corrected chi connectivity index (χ4v) is 2.72. The molecular formula is C13H15NO2. The van der Waals surface area contributed by atoms with Gasteiger partial charge in [0, 0.05) is 5.41 Å². The van der Waals surface area contributed by atoms with Crippen molar-refractivity contribution in [2.75, 3.05) is 6.61 Å². The fraction of sp³-hybridized carbons (Fsp3) is 0.462. The maximum atomic E-state index is 9.62. The van der Waals surface area contributed by atoms with Gasteiger partial charge in [-0.05, 0) is 29.5 Å². The zero-order valence-electron chi connectivity index (χ0n) is 9.53. The summed E-state index contributed by atoms with van der Waals surface area (Å²) in [5.74, 6) is 0. The molecule has 1 aromatic heterocycles. The molecule has 3 nitrogen and oxygen atoms in total. The maximum Gasteiger partial charge on any atom is 0.181 e. The van der Waals surface area contributed by atoms with Gasteiger partial charge in [-0.15, -0.1) is 0 Å². The highest BCUT2D eigenvalue weighted by Gasteiger charge is 2.61. The molecular weight excluding hydrogens is 202 g/mol. The Hall–Kier alpha value is -1.35. The third-order valence-corrected chi connectivity index (χ3v) is 4.07. The van der Waals surface area contributed by atoms with Crippen LogP contribution in [0.1, 0.15) is 25.8 Å². The standard InChI is InChI=1S/C13H15NO2/c1-12(2)6-13(12,7-15)9-3-4-10-11(5-9)16-8-14-10/h3-5,8,15H,6-7H2,1-2H3. The number of hydrogen-bond donors (Lipinski definition) is 1. The van der Waals surface area contributed by atoms with E-state index in [0.717, 1.165) is 23.1 Å². The predicted molar refractivity (Wildman–Crippen MR) is 61.2 cm³/mol. The molecule has 3 rings (SSSR count). The lowest BCUT2D eigenvalue weighted by Gasteiger charge is -2.17. The summed E-state index contributed by atoms with van der Waals surface area (Å²) >= 11 is 0. The fourth-order valence-electron chi connectivity index (χ4n) is 2.72. The molecule has 1 unspecified atom stereocenters. The van der Waals surface area contributed by atoms with Crippen LogP contribution in [0.15, 0.2) is 29.0 Å². The summed E-state index contributed by atoms with van der Waals surface area (Å²) < 4.78 is 5.30. The second kappa shape index (κ2) is 2.86. The molecule has 84 valence electrons. The van der Waals surface area contributed by atoms with Crippen LogP contribution >= 0.6 is 0 Å². The van der Waals surface area contributed by atoms with Crippen molar-refractivity contribution in [2.45, 2.75) is 25.7 Å². The van der Waals surface area contributed by atoms with Crippen LogP contribution in [0, 0.1) is 5.41 Å². The smallest absolute Gasteiger partial charge is 0.181 e. The number of aliphatic hydroxyl groups is 1. The number of hydrogen-bond acceptors (Lipinski definition) is 3. The van der Waals surface area contributed by atoms with Gasteiger partial charge in [-0.25, -0.2) is 4.98 Å². The minimum absolute atomic E-state index is 0.0893. The van der Waals surface area contributed by atoms with Gasteiger partial charge in [-0.2, -0.15) is 0 Å². The van der Waals surface area contributed by atoms with Crippen molar-refractivity contribution in [2.24, 2.45) is 5.41 Å². The lowest BCUT2D eigenvalue weighted by molar-refractivity contribution is 0.231. The molecule has 1 saturated carbocycles. The third-order valence-electron chi connectivity index (χ3n) is 4.07. The predicted octanol–water partition coefficient (Wildman–Crippen LogP) is 2.49. The van der Waals surface area contributed by atoms with E-state index in [4.69, 9.17) is 4.42 Å². The van der Waals surface area contributed by atoms with Crippen LogP contribution in [-0.4, -0.2) is 16.7 Å². The quantitative estimate of drug-likeness (QED) is 0.840. The molecule has 1 atom stereocenters. The highest BCUT2D eigenvalue weighted by Crippen LogP contribution is 2.64. The molecule has 1 N–H and O–H groups in total. The summed E-state index contributed by atoms with van der Waals surface area (Å²) in [5.41, 5.74) is 2.91. The molecule has 1 aliphatic carbocycles. The SMILES string of the molecule is CC1(C)CC1(CO)c1ccc2ncoc2c1. The zero-order valence-corrected chi connectivity index (χ0v) is 9.53. The van der Waals surface area contributed by atoms with E-state index in [1.165, 1.54) is 6.39 Å². The second-order valence-electron chi connectivity index (χ2n) is 5.34. The highest BCUT2D eigenvalue weighted by atomic mass is 16.3. The Morgan fingerprint density at radius 3 is 2.81 bits per heavy atom. The summed E-state index contributed by atoms with van der Waals surface area (Å²) in [5, 5.41) is 9.62. The number of oxazole rings is 1. The van der Waals surface area contributed by atoms with E-state index >= 15 is 0 Å². The van der Waals surface area contributed by atoms with Crippen molar-refractivity contribution in [3.8, 4) is 0 Å². The lowest BCUT2D eigenvalue weighted by Crippen LogP contribution is -2.19. The zero-order chi connectivity index (χ0) is 11.4. The second-order valence-corrected chi connectivity index (χ2v) is 5.34. The Bertz CT molecular complexity index is 544. The van der Waals surface area contributed by atoms with Gasteiger partial charge in [0.05, 0.1) is 6.61 Å². The van der Waals surface area contributed by atoms with Crippen molar-refractivity contribution < 1.29 is 9.52 Å². The summed E-state index contributed by atoms with van der Waals surface area (Å²) in [7, 11) is 0. The summed E-state index contributed by atoms with van der Waals surface area (Å²) in [6, 6.07) is 6.02. The Morgan fingerprint density at radius 1 is 1.44 bits per heavy atom. The number of benzene rings is 1. The van der Waals surface area contributed by atoms with Crippen LogP contribution in [0.2, 0.25) is 0 Å². The Morgan fingerprint density at radius 2 is 2.19 bits per heavy atom. The van der Waals surface area contributed by atoms with Gasteiger partial charge in [0.1, 0.15) is 5.52 Å². The van der Waals surface area contributed by atoms with Crippen molar-refractivity contribution in [1.29, 1.82) is 0 Å². The molecule has 2 aromatic rings. The van der Waals surface area contributed by atoms with E-state index in [-0.39, 0.29) is 17.4 Å². The molecule has 3 heteroatoms. The van der Waals surface area contributed by atoms with Gasteiger partial charge in [0.15, 0.2) is 12.0 Å². The van der Waals surface area contributed by atoms with Gasteiger partial charge in [0.25, 0.3) is 0 Å². The molecule has 16 heavy (non-hydrogen) atoms. The molecule has 0 spiro atoms. The first-order valence-corrected chi connectivity index (χ1v) is 5.54. The Labute approximate surface area is 94.1 Å². The Balaban J connectivity index is 2.12. The van der Waals surface area contributed by atoms with Crippen molar-refractivity contribution in [3.63, 3.8) is 0 Å². The van der Waals surface area contributed by atoms with Gasteiger partial charge in [-0.3, -0.25) is 0 Å². The van der Waals surface area contributed by atoms with Crippen LogP contribution in [0.3, 0.4) is 0 Å². The van der Waals surface area contributed by atoms with Gasteiger partial charge in [-0.1, -0.05) is 19.9 Å². The van der Waals surface area contributed by atoms with Crippen LogP contribution in [0.25, 0.3) is 11.1 Å². The molecule has 1 fully saturated rings. The van der Waals surface area contributed by atoms with Crippen LogP contribution in [0.5, 0.6) is 0 Å². The van der Waals surface area contributed by atoms with Crippen molar-refractivity contribution in [1.82, 2.24) is 4.98 Å². The highest BCUT2D eigenvalue weighted by molar-refractivity contribution is 5.73. The Kier molecular flexibility index (Phi) is 1.76. The first kappa shape index (κ1) is 9.85. The number of aliphatic hydroxyl groups excluding tert-OH is 1. The van der Waals surface area contributed by atoms with E-state index in [1.807, 2.05) is 12.1 Å². The molecule has 1 heterocycles. The molecule has 0 saturated heterocycles. The van der Waals surface area contributed by atoms with Gasteiger partial charge in [0.2, 0.25) is 0 Å². The molecule has 0 bridgehead atoms. The summed E-state index contributed by atoms with van der Waals surface area (Å²) in [4.78, 5) is 4.10. The molecule has 1 aliphatic rings. The first-order valence-electron chi connectivity index (χ1n) is 5.54. The monoisotopic (exact) mass is 217 g/mol.